The summed E-state index contributed by atoms with van der Waals surface area (Å²) >= 11 is 0. The lowest BCUT2D eigenvalue weighted by Gasteiger charge is -2.23. The van der Waals surface area contributed by atoms with Crippen LogP contribution in [0.3, 0.4) is 0 Å². The Kier molecular flexibility index (Phi) is 7.87. The van der Waals surface area contributed by atoms with Gasteiger partial charge in [-0.1, -0.05) is 30.3 Å². The Morgan fingerprint density at radius 1 is 1.24 bits per heavy atom. The molecule has 0 radical (unpaired) electrons. The molecule has 25 heavy (non-hydrogen) atoms. The topological polar surface area (TPSA) is 92.7 Å². The molecule has 1 saturated heterocycles. The zero-order chi connectivity index (χ0) is 18.1. The first-order chi connectivity index (χ1) is 11.9. The largest absolute Gasteiger partial charge is 0.481 e. The van der Waals surface area contributed by atoms with E-state index in [0.29, 0.717) is 32.0 Å². The molecule has 2 N–H and O–H groups in total. The summed E-state index contributed by atoms with van der Waals surface area (Å²) in [4.78, 5) is 10.9. The van der Waals surface area contributed by atoms with Crippen molar-refractivity contribution in [3.8, 4) is 0 Å². The van der Waals surface area contributed by atoms with Gasteiger partial charge < -0.3 is 9.84 Å². The number of nitrogens with one attached hydrogen (secondary N) is 1. The zero-order valence-corrected chi connectivity index (χ0v) is 15.2. The average Bonchev–Trinajstić information content (AvgIpc) is 2.60. The molecule has 1 heterocycles. The molecule has 1 aliphatic rings. The maximum absolute atomic E-state index is 12.4. The van der Waals surface area contributed by atoms with Crippen LogP contribution in [-0.2, 0) is 26.0 Å². The second-order valence-electron chi connectivity index (χ2n) is 6.60. The highest BCUT2D eigenvalue weighted by atomic mass is 32.2. The van der Waals surface area contributed by atoms with E-state index in [9.17, 15) is 13.2 Å². The molecule has 6 nitrogen and oxygen atoms in total. The lowest BCUT2D eigenvalue weighted by molar-refractivity contribution is -0.137. The van der Waals surface area contributed by atoms with Crippen LogP contribution in [0.1, 0.15) is 37.7 Å². The van der Waals surface area contributed by atoms with Crippen molar-refractivity contribution in [3.63, 3.8) is 0 Å². The molecule has 0 amide bonds. The van der Waals surface area contributed by atoms with Crippen molar-refractivity contribution >= 4 is 16.0 Å². The maximum atomic E-state index is 12.4. The van der Waals surface area contributed by atoms with E-state index in [1.54, 1.807) is 0 Å². The van der Waals surface area contributed by atoms with Crippen molar-refractivity contribution in [2.75, 3.05) is 19.0 Å². The smallest absolute Gasteiger partial charge is 0.303 e. The van der Waals surface area contributed by atoms with Gasteiger partial charge in [0.15, 0.2) is 0 Å². The molecule has 1 aromatic rings. The molecule has 1 aliphatic heterocycles. The van der Waals surface area contributed by atoms with Gasteiger partial charge in [-0.25, -0.2) is 13.1 Å². The number of ether oxygens (including phenoxy) is 1. The SMILES string of the molecule is O=C(O)CCC(Cc1ccccc1)NS(=O)(=O)CCC1CCOCC1. The van der Waals surface area contributed by atoms with Crippen molar-refractivity contribution in [2.45, 2.75) is 44.6 Å². The highest BCUT2D eigenvalue weighted by Gasteiger charge is 2.22. The van der Waals surface area contributed by atoms with Crippen molar-refractivity contribution in [3.05, 3.63) is 35.9 Å². The number of carboxylic acids is 1. The van der Waals surface area contributed by atoms with Crippen LogP contribution in [-0.4, -0.2) is 44.5 Å². The van der Waals surface area contributed by atoms with E-state index < -0.39 is 22.0 Å². The van der Waals surface area contributed by atoms with Gasteiger partial charge >= 0.3 is 5.97 Å². The number of hydrogen-bond donors (Lipinski definition) is 2. The fourth-order valence-electron chi connectivity index (χ4n) is 3.07. The first-order valence-corrected chi connectivity index (χ1v) is 10.4. The Morgan fingerprint density at radius 3 is 2.56 bits per heavy atom. The molecule has 7 heteroatoms. The Labute approximate surface area is 149 Å². The Morgan fingerprint density at radius 2 is 1.92 bits per heavy atom. The maximum Gasteiger partial charge on any atom is 0.303 e. The van der Waals surface area contributed by atoms with Crippen molar-refractivity contribution in [2.24, 2.45) is 5.92 Å². The third kappa shape index (κ3) is 7.98. The molecule has 0 saturated carbocycles. The third-order valence-electron chi connectivity index (χ3n) is 4.51. The van der Waals surface area contributed by atoms with Crippen LogP contribution in [0.4, 0.5) is 0 Å². The zero-order valence-electron chi connectivity index (χ0n) is 14.4. The molecular formula is C18H27NO5S. The highest BCUT2D eigenvalue weighted by molar-refractivity contribution is 7.89. The van der Waals surface area contributed by atoms with Gasteiger partial charge in [-0.2, -0.15) is 0 Å². The Balaban J connectivity index is 1.91. The van der Waals surface area contributed by atoms with Gasteiger partial charge in [0, 0.05) is 25.7 Å². The molecule has 1 atom stereocenters. The van der Waals surface area contributed by atoms with Gasteiger partial charge in [-0.3, -0.25) is 4.79 Å². The summed E-state index contributed by atoms with van der Waals surface area (Å²) in [7, 11) is -3.43. The number of rotatable bonds is 10. The number of carbonyl (C=O) groups is 1. The van der Waals surface area contributed by atoms with Crippen LogP contribution in [0.15, 0.2) is 30.3 Å². The van der Waals surface area contributed by atoms with E-state index in [1.165, 1.54) is 0 Å². The lowest BCUT2D eigenvalue weighted by Crippen LogP contribution is -2.38. The van der Waals surface area contributed by atoms with Crippen LogP contribution in [0.2, 0.25) is 0 Å². The van der Waals surface area contributed by atoms with E-state index in [-0.39, 0.29) is 18.6 Å². The van der Waals surface area contributed by atoms with Crippen molar-refractivity contribution in [1.29, 1.82) is 0 Å². The monoisotopic (exact) mass is 369 g/mol. The molecule has 2 rings (SSSR count). The summed E-state index contributed by atoms with van der Waals surface area (Å²) in [5.74, 6) is -0.452. The minimum Gasteiger partial charge on any atom is -0.481 e. The second-order valence-corrected chi connectivity index (χ2v) is 8.47. The number of aliphatic carboxylic acids is 1. The summed E-state index contributed by atoms with van der Waals surface area (Å²) in [6, 6.07) is 9.12. The van der Waals surface area contributed by atoms with Crippen molar-refractivity contribution < 1.29 is 23.1 Å². The Bertz CT molecular complexity index is 626. The summed E-state index contributed by atoms with van der Waals surface area (Å²) in [5.41, 5.74) is 0.991. The van der Waals surface area contributed by atoms with E-state index >= 15 is 0 Å². The molecule has 0 aromatic heterocycles. The third-order valence-corrected chi connectivity index (χ3v) is 5.98. The Hall–Kier alpha value is -1.44. The summed E-state index contributed by atoms with van der Waals surface area (Å²) in [6.07, 6.45) is 3.14. The quantitative estimate of drug-likeness (QED) is 0.659. The van der Waals surface area contributed by atoms with Crippen molar-refractivity contribution in [1.82, 2.24) is 4.72 Å². The first-order valence-electron chi connectivity index (χ1n) is 8.78. The minimum atomic E-state index is -3.43. The average molecular weight is 369 g/mol. The predicted molar refractivity (Wildman–Crippen MR) is 95.9 cm³/mol. The highest BCUT2D eigenvalue weighted by Crippen LogP contribution is 2.19. The summed E-state index contributed by atoms with van der Waals surface area (Å²) in [5, 5.41) is 8.91. The van der Waals surface area contributed by atoms with Crippen LogP contribution < -0.4 is 4.72 Å². The van der Waals surface area contributed by atoms with Crippen LogP contribution in [0, 0.1) is 5.92 Å². The van der Waals surface area contributed by atoms with Crippen LogP contribution in [0.25, 0.3) is 0 Å². The van der Waals surface area contributed by atoms with Crippen LogP contribution >= 0.6 is 0 Å². The molecule has 140 valence electrons. The van der Waals surface area contributed by atoms with E-state index in [4.69, 9.17) is 9.84 Å². The summed E-state index contributed by atoms with van der Waals surface area (Å²) < 4.78 is 32.9. The fraction of sp³-hybridized carbons (Fsp3) is 0.611. The molecule has 0 aliphatic carbocycles. The van der Waals surface area contributed by atoms with E-state index in [1.807, 2.05) is 30.3 Å². The number of carboxylic acid groups (broad SMARTS) is 1. The predicted octanol–water partition coefficient (Wildman–Crippen LogP) is 2.20. The van der Waals surface area contributed by atoms with Gasteiger partial charge in [-0.05, 0) is 43.6 Å². The fourth-order valence-corrected chi connectivity index (χ4v) is 4.54. The van der Waals surface area contributed by atoms with Gasteiger partial charge in [0.25, 0.3) is 0 Å². The van der Waals surface area contributed by atoms with Gasteiger partial charge in [0.05, 0.1) is 5.75 Å². The number of benzene rings is 1. The second kappa shape index (κ2) is 9.89. The summed E-state index contributed by atoms with van der Waals surface area (Å²) in [6.45, 7) is 1.40. The van der Waals surface area contributed by atoms with Gasteiger partial charge in [0.2, 0.25) is 10.0 Å². The number of sulfonamides is 1. The number of hydrogen-bond acceptors (Lipinski definition) is 4. The van der Waals surface area contributed by atoms with E-state index in [2.05, 4.69) is 4.72 Å². The first kappa shape index (κ1) is 19.9. The van der Waals surface area contributed by atoms with E-state index in [0.717, 1.165) is 18.4 Å². The van der Waals surface area contributed by atoms with Gasteiger partial charge in [-0.15, -0.1) is 0 Å². The molecule has 1 fully saturated rings. The molecule has 0 bridgehead atoms. The molecule has 0 spiro atoms. The standard InChI is InChI=1S/C18H27NO5S/c20-18(21)7-6-17(14-16-4-2-1-3-5-16)19-25(22,23)13-10-15-8-11-24-12-9-15/h1-5,15,17,19H,6-14H2,(H,20,21). The normalized spacial score (nSPS) is 17.3. The molecule has 1 aromatic carbocycles. The minimum absolute atomic E-state index is 0.0556. The van der Waals surface area contributed by atoms with Gasteiger partial charge in [0.1, 0.15) is 0 Å². The van der Waals surface area contributed by atoms with Crippen LogP contribution in [0.5, 0.6) is 0 Å². The molecule has 1 unspecified atom stereocenters. The molecular weight excluding hydrogens is 342 g/mol. The lowest BCUT2D eigenvalue weighted by atomic mass is 9.98.